The van der Waals surface area contributed by atoms with Gasteiger partial charge in [0, 0.05) is 33.9 Å². The van der Waals surface area contributed by atoms with Crippen LogP contribution in [-0.2, 0) is 6.42 Å². The van der Waals surface area contributed by atoms with Crippen molar-refractivity contribution in [1.29, 1.82) is 0 Å². The van der Waals surface area contributed by atoms with Gasteiger partial charge in [0.25, 0.3) is 0 Å². The first-order valence-corrected chi connectivity index (χ1v) is 21.7. The van der Waals surface area contributed by atoms with Gasteiger partial charge in [0.2, 0.25) is 0 Å². The first-order valence-electron chi connectivity index (χ1n) is 21.7. The van der Waals surface area contributed by atoms with Gasteiger partial charge in [-0.3, -0.25) is 0 Å². The van der Waals surface area contributed by atoms with Gasteiger partial charge in [0.15, 0.2) is 0 Å². The first kappa shape index (κ1) is 36.6. The lowest BCUT2D eigenvalue weighted by Crippen LogP contribution is -2.16. The van der Waals surface area contributed by atoms with E-state index in [0.29, 0.717) is 0 Å². The SMILES string of the molecule is c1ccc(-c2ccccc2-c2ccccc2N(c2ccccc2-c2cccc3oc4ccccc4c23)c2c3c(cc(-c4ccccc4)c2-c2ccccc2)-c2ccccc2C3)cc1. The molecule has 0 radical (unpaired) electrons. The molecule has 2 nitrogen and oxygen atoms in total. The molecule has 0 amide bonds. The van der Waals surface area contributed by atoms with Crippen LogP contribution in [0.25, 0.3) is 88.7 Å². The largest absolute Gasteiger partial charge is 0.456 e. The summed E-state index contributed by atoms with van der Waals surface area (Å²) in [5.74, 6) is 0. The Kier molecular flexibility index (Phi) is 8.93. The second kappa shape index (κ2) is 15.4. The van der Waals surface area contributed by atoms with Crippen LogP contribution in [0.4, 0.5) is 17.1 Å². The van der Waals surface area contributed by atoms with E-state index in [9.17, 15) is 0 Å². The van der Waals surface area contributed by atoms with Crippen molar-refractivity contribution in [2.75, 3.05) is 4.90 Å². The van der Waals surface area contributed by atoms with E-state index in [-0.39, 0.29) is 0 Å². The minimum Gasteiger partial charge on any atom is -0.456 e. The standard InChI is InChI=1S/C61H41NO/c1-4-21-41(22-5-1)45-28-12-13-30-47(45)48-31-14-17-35-55(48)62(56-36-18-15-32-49(56)50-34-20-38-58-60(50)51-33-16-19-37-57(51)63-58)61-54-39-44-27-10-11-29-46(44)53(54)40-52(42-23-6-2-7-24-42)59(61)43-25-8-3-9-26-43/h1-38,40H,39H2. The van der Waals surface area contributed by atoms with Crippen LogP contribution in [0.5, 0.6) is 0 Å². The molecule has 10 aromatic carbocycles. The van der Waals surface area contributed by atoms with Crippen LogP contribution >= 0.6 is 0 Å². The van der Waals surface area contributed by atoms with Crippen LogP contribution in [0.1, 0.15) is 11.1 Å². The van der Waals surface area contributed by atoms with Gasteiger partial charge < -0.3 is 9.32 Å². The highest BCUT2D eigenvalue weighted by Gasteiger charge is 2.33. The monoisotopic (exact) mass is 803 g/mol. The third-order valence-corrected chi connectivity index (χ3v) is 12.7. The van der Waals surface area contributed by atoms with Gasteiger partial charge in [0.05, 0.1) is 17.1 Å². The molecule has 0 fully saturated rings. The van der Waals surface area contributed by atoms with E-state index in [1.807, 2.05) is 6.07 Å². The Morgan fingerprint density at radius 3 is 1.52 bits per heavy atom. The van der Waals surface area contributed by atoms with Crippen LogP contribution in [0.3, 0.4) is 0 Å². The van der Waals surface area contributed by atoms with Crippen LogP contribution in [0.2, 0.25) is 0 Å². The molecule has 63 heavy (non-hydrogen) atoms. The van der Waals surface area contributed by atoms with Crippen molar-refractivity contribution in [1.82, 2.24) is 0 Å². The number of benzene rings is 10. The Labute approximate surface area is 367 Å². The zero-order valence-electron chi connectivity index (χ0n) is 34.6. The zero-order chi connectivity index (χ0) is 41.7. The highest BCUT2D eigenvalue weighted by Crippen LogP contribution is 2.56. The average Bonchev–Trinajstić information content (AvgIpc) is 3.94. The minimum absolute atomic E-state index is 0.805. The van der Waals surface area contributed by atoms with E-state index in [1.54, 1.807) is 0 Å². The molecule has 0 saturated heterocycles. The number of rotatable bonds is 8. The summed E-state index contributed by atoms with van der Waals surface area (Å²) in [7, 11) is 0. The Morgan fingerprint density at radius 2 is 0.825 bits per heavy atom. The van der Waals surface area contributed by atoms with Crippen LogP contribution in [0.15, 0.2) is 241 Å². The van der Waals surface area contributed by atoms with E-state index >= 15 is 0 Å². The second-order valence-electron chi connectivity index (χ2n) is 16.3. The van der Waals surface area contributed by atoms with Crippen LogP contribution in [0, 0.1) is 0 Å². The lowest BCUT2D eigenvalue weighted by Gasteiger charge is -2.34. The summed E-state index contributed by atoms with van der Waals surface area (Å²) in [5.41, 5.74) is 22.0. The molecule has 12 rings (SSSR count). The predicted molar refractivity (Wildman–Crippen MR) is 264 cm³/mol. The van der Waals surface area contributed by atoms with Crippen molar-refractivity contribution in [3.8, 4) is 66.8 Å². The summed E-state index contributed by atoms with van der Waals surface area (Å²) in [5, 5.41) is 2.22. The average molecular weight is 804 g/mol. The number of hydrogen-bond donors (Lipinski definition) is 0. The first-order chi connectivity index (χ1) is 31.3. The molecule has 11 aromatic rings. The molecule has 1 aromatic heterocycles. The summed E-state index contributed by atoms with van der Waals surface area (Å²) in [4.78, 5) is 2.60. The van der Waals surface area contributed by atoms with E-state index in [4.69, 9.17) is 4.42 Å². The molecule has 0 bridgehead atoms. The van der Waals surface area contributed by atoms with Crippen molar-refractivity contribution in [2.45, 2.75) is 6.42 Å². The Hall–Kier alpha value is -8.20. The summed E-state index contributed by atoms with van der Waals surface area (Å²) < 4.78 is 6.54. The van der Waals surface area contributed by atoms with Gasteiger partial charge in [-0.15, -0.1) is 0 Å². The normalized spacial score (nSPS) is 11.7. The van der Waals surface area contributed by atoms with Gasteiger partial charge in [-0.1, -0.05) is 206 Å². The maximum Gasteiger partial charge on any atom is 0.136 e. The van der Waals surface area contributed by atoms with Crippen molar-refractivity contribution >= 4 is 39.0 Å². The fraction of sp³-hybridized carbons (Fsp3) is 0.0164. The molecule has 0 saturated carbocycles. The molecule has 0 atom stereocenters. The maximum absolute atomic E-state index is 6.54. The van der Waals surface area contributed by atoms with E-state index in [1.165, 1.54) is 61.3 Å². The number of hydrogen-bond acceptors (Lipinski definition) is 2. The van der Waals surface area contributed by atoms with E-state index in [0.717, 1.165) is 62.0 Å². The van der Waals surface area contributed by atoms with Crippen molar-refractivity contribution in [3.05, 3.63) is 248 Å². The summed E-state index contributed by atoms with van der Waals surface area (Å²) in [6, 6.07) is 85.9. The van der Waals surface area contributed by atoms with Gasteiger partial charge >= 0.3 is 0 Å². The van der Waals surface area contributed by atoms with Gasteiger partial charge in [-0.05, 0) is 91.5 Å². The Bertz CT molecular complexity index is 3480. The summed E-state index contributed by atoms with van der Waals surface area (Å²) >= 11 is 0. The highest BCUT2D eigenvalue weighted by molar-refractivity contribution is 6.15. The molecule has 1 heterocycles. The zero-order valence-corrected chi connectivity index (χ0v) is 34.6. The maximum atomic E-state index is 6.54. The fourth-order valence-corrected chi connectivity index (χ4v) is 10.00. The van der Waals surface area contributed by atoms with Gasteiger partial charge in [-0.2, -0.15) is 0 Å². The van der Waals surface area contributed by atoms with E-state index < -0.39 is 0 Å². The van der Waals surface area contributed by atoms with E-state index in [2.05, 4.69) is 235 Å². The molecule has 0 aliphatic heterocycles. The van der Waals surface area contributed by atoms with Crippen LogP contribution in [-0.4, -0.2) is 0 Å². The number of anilines is 3. The highest BCUT2D eigenvalue weighted by atomic mass is 16.3. The van der Waals surface area contributed by atoms with Crippen molar-refractivity contribution < 1.29 is 4.42 Å². The van der Waals surface area contributed by atoms with Crippen molar-refractivity contribution in [3.63, 3.8) is 0 Å². The molecule has 0 spiro atoms. The van der Waals surface area contributed by atoms with Crippen LogP contribution < -0.4 is 4.90 Å². The van der Waals surface area contributed by atoms with Crippen molar-refractivity contribution in [2.24, 2.45) is 0 Å². The molecule has 0 N–H and O–H groups in total. The molecular weight excluding hydrogens is 763 g/mol. The number of furan rings is 1. The predicted octanol–water partition coefficient (Wildman–Crippen LogP) is 17.0. The molecular formula is C61H41NO. The number of nitrogens with zero attached hydrogens (tertiary/aromatic N) is 1. The third kappa shape index (κ3) is 6.18. The van der Waals surface area contributed by atoms with Gasteiger partial charge in [-0.25, -0.2) is 0 Å². The Balaban J connectivity index is 1.25. The Morgan fingerprint density at radius 1 is 0.333 bits per heavy atom. The number of fused-ring (bicyclic) bond motifs is 6. The quantitative estimate of drug-likeness (QED) is 0.152. The third-order valence-electron chi connectivity index (χ3n) is 12.7. The lowest BCUT2D eigenvalue weighted by molar-refractivity contribution is 0.669. The van der Waals surface area contributed by atoms with Gasteiger partial charge in [0.1, 0.15) is 11.2 Å². The number of para-hydroxylation sites is 3. The second-order valence-corrected chi connectivity index (χ2v) is 16.3. The summed E-state index contributed by atoms with van der Waals surface area (Å²) in [6.07, 6.45) is 0.805. The lowest BCUT2D eigenvalue weighted by atomic mass is 9.86. The fourth-order valence-electron chi connectivity index (χ4n) is 10.00. The smallest absolute Gasteiger partial charge is 0.136 e. The molecule has 1 aliphatic carbocycles. The minimum atomic E-state index is 0.805. The molecule has 0 unspecified atom stereocenters. The molecule has 296 valence electrons. The topological polar surface area (TPSA) is 16.4 Å². The summed E-state index contributed by atoms with van der Waals surface area (Å²) in [6.45, 7) is 0. The molecule has 1 aliphatic rings. The molecule has 2 heteroatoms.